The van der Waals surface area contributed by atoms with Gasteiger partial charge in [-0.05, 0) is 79.7 Å². The van der Waals surface area contributed by atoms with Crippen molar-refractivity contribution in [1.29, 1.82) is 0 Å². The van der Waals surface area contributed by atoms with E-state index in [0.717, 1.165) is 0 Å². The van der Waals surface area contributed by atoms with E-state index in [1.807, 2.05) is 0 Å². The number of halogens is 1. The molecule has 0 saturated heterocycles. The number of hydrogen-bond donors (Lipinski definition) is 1. The molecule has 3 aromatic carbocycles. The fourth-order valence-electron chi connectivity index (χ4n) is 3.37. The van der Waals surface area contributed by atoms with Crippen LogP contribution in [0.3, 0.4) is 0 Å². The fraction of sp³-hybridized carbons (Fsp3) is 0.0370. The quantitative estimate of drug-likeness (QED) is 0.309. The minimum absolute atomic E-state index is 0.302. The fourth-order valence-corrected chi connectivity index (χ4v) is 3.37. The first kappa shape index (κ1) is 22.7. The Balaban J connectivity index is 1.24. The number of nitrogens with one attached hydrogen (secondary N) is 1. The molecule has 1 amide bonds. The maximum atomic E-state index is 13.1. The van der Waals surface area contributed by atoms with Crippen molar-refractivity contribution in [2.75, 3.05) is 5.32 Å². The molecule has 0 bridgehead atoms. The van der Waals surface area contributed by atoms with Crippen LogP contribution in [0.2, 0.25) is 0 Å². The lowest BCUT2D eigenvalue weighted by molar-refractivity contribution is 0.102. The second-order valence-corrected chi connectivity index (χ2v) is 7.73. The molecular weight excluding hydrogens is 461 g/mol. The van der Waals surface area contributed by atoms with E-state index < -0.39 is 0 Å². The van der Waals surface area contributed by atoms with Crippen molar-refractivity contribution in [3.8, 4) is 28.9 Å². The van der Waals surface area contributed by atoms with E-state index in [1.54, 1.807) is 84.7 Å². The monoisotopic (exact) mass is 481 g/mol. The minimum atomic E-state index is -0.349. The lowest BCUT2D eigenvalue weighted by Gasteiger charge is -2.10. The van der Waals surface area contributed by atoms with Gasteiger partial charge in [-0.15, -0.1) is 0 Å². The number of anilines is 1. The van der Waals surface area contributed by atoms with Gasteiger partial charge in [-0.25, -0.2) is 14.1 Å². The average Bonchev–Trinajstić information content (AvgIpc) is 3.42. The molecule has 1 N–H and O–H groups in total. The van der Waals surface area contributed by atoms with Gasteiger partial charge in [-0.2, -0.15) is 10.1 Å². The van der Waals surface area contributed by atoms with Crippen LogP contribution in [0.15, 0.2) is 97.3 Å². The Hall–Kier alpha value is -5.05. The number of nitrogens with zero attached hydrogens (tertiary/aromatic N) is 4. The number of hydrogen-bond acceptors (Lipinski definition) is 6. The van der Waals surface area contributed by atoms with Gasteiger partial charge in [0.2, 0.25) is 5.88 Å². The van der Waals surface area contributed by atoms with Gasteiger partial charge < -0.3 is 14.8 Å². The van der Waals surface area contributed by atoms with Crippen molar-refractivity contribution in [3.63, 3.8) is 0 Å². The van der Waals surface area contributed by atoms with Crippen molar-refractivity contribution in [2.45, 2.75) is 6.92 Å². The number of rotatable bonds is 7. The van der Waals surface area contributed by atoms with E-state index in [9.17, 15) is 9.18 Å². The maximum absolute atomic E-state index is 13.1. The highest BCUT2D eigenvalue weighted by molar-refractivity contribution is 6.04. The van der Waals surface area contributed by atoms with Crippen LogP contribution in [0, 0.1) is 12.7 Å². The van der Waals surface area contributed by atoms with Gasteiger partial charge in [0.25, 0.3) is 5.91 Å². The molecule has 0 saturated carbocycles. The average molecular weight is 481 g/mol. The lowest BCUT2D eigenvalue weighted by Crippen LogP contribution is -2.11. The van der Waals surface area contributed by atoms with Crippen molar-refractivity contribution >= 4 is 11.6 Å². The van der Waals surface area contributed by atoms with E-state index in [4.69, 9.17) is 9.47 Å². The number of benzene rings is 3. The Kier molecular flexibility index (Phi) is 6.35. The van der Waals surface area contributed by atoms with Crippen LogP contribution in [0.4, 0.5) is 10.1 Å². The third kappa shape index (κ3) is 5.53. The van der Waals surface area contributed by atoms with Gasteiger partial charge >= 0.3 is 0 Å². The first-order valence-corrected chi connectivity index (χ1v) is 11.0. The van der Waals surface area contributed by atoms with Crippen LogP contribution in [-0.2, 0) is 0 Å². The molecule has 36 heavy (non-hydrogen) atoms. The molecule has 5 rings (SSSR count). The standard InChI is InChI=1S/C27H20FN5O3/c1-18-30-25(33-15-3-14-29-33)17-26(31-18)36-23-12-8-21(9-13-23)32-27(34)19-4-2-5-24(16-19)35-22-10-6-20(28)7-11-22/h2-17H,1H3,(H,32,34). The molecule has 0 aliphatic carbocycles. The lowest BCUT2D eigenvalue weighted by atomic mass is 10.2. The molecule has 0 unspecified atom stereocenters. The van der Waals surface area contributed by atoms with E-state index in [-0.39, 0.29) is 11.7 Å². The highest BCUT2D eigenvalue weighted by atomic mass is 19.1. The Morgan fingerprint density at radius 3 is 2.36 bits per heavy atom. The predicted octanol–water partition coefficient (Wildman–Crippen LogP) is 5.95. The molecule has 5 aromatic rings. The van der Waals surface area contributed by atoms with Crippen LogP contribution in [0.5, 0.6) is 23.1 Å². The van der Waals surface area contributed by atoms with E-state index in [0.29, 0.717) is 46.0 Å². The summed E-state index contributed by atoms with van der Waals surface area (Å²) in [7, 11) is 0. The van der Waals surface area contributed by atoms with Crippen molar-refractivity contribution in [1.82, 2.24) is 19.7 Å². The van der Waals surface area contributed by atoms with Crippen molar-refractivity contribution in [2.24, 2.45) is 0 Å². The molecule has 8 nitrogen and oxygen atoms in total. The maximum Gasteiger partial charge on any atom is 0.255 e. The minimum Gasteiger partial charge on any atom is -0.457 e. The van der Waals surface area contributed by atoms with Crippen LogP contribution in [0.25, 0.3) is 5.82 Å². The van der Waals surface area contributed by atoms with Crippen molar-refractivity contribution in [3.05, 3.63) is 115 Å². The van der Waals surface area contributed by atoms with Gasteiger partial charge in [-0.1, -0.05) is 6.07 Å². The summed E-state index contributed by atoms with van der Waals surface area (Å²) in [5.74, 6) is 2.36. The SMILES string of the molecule is Cc1nc(Oc2ccc(NC(=O)c3cccc(Oc4ccc(F)cc4)c3)cc2)cc(-n2cccn2)n1. The molecule has 0 aliphatic heterocycles. The summed E-state index contributed by atoms with van der Waals surface area (Å²) in [4.78, 5) is 21.4. The number of carbonyl (C=O) groups excluding carboxylic acids is 1. The smallest absolute Gasteiger partial charge is 0.255 e. The zero-order valence-electron chi connectivity index (χ0n) is 19.1. The van der Waals surface area contributed by atoms with Gasteiger partial charge in [-0.3, -0.25) is 4.79 Å². The van der Waals surface area contributed by atoms with E-state index >= 15 is 0 Å². The zero-order chi connectivity index (χ0) is 24.9. The third-order valence-corrected chi connectivity index (χ3v) is 5.02. The summed E-state index contributed by atoms with van der Waals surface area (Å²) < 4.78 is 26.3. The van der Waals surface area contributed by atoms with Crippen LogP contribution in [-0.4, -0.2) is 25.7 Å². The normalized spacial score (nSPS) is 10.6. The molecule has 2 aromatic heterocycles. The first-order valence-electron chi connectivity index (χ1n) is 11.0. The predicted molar refractivity (Wildman–Crippen MR) is 131 cm³/mol. The third-order valence-electron chi connectivity index (χ3n) is 5.02. The highest BCUT2D eigenvalue weighted by Crippen LogP contribution is 2.25. The highest BCUT2D eigenvalue weighted by Gasteiger charge is 2.10. The Morgan fingerprint density at radius 1 is 0.861 bits per heavy atom. The topological polar surface area (TPSA) is 91.2 Å². The second-order valence-electron chi connectivity index (χ2n) is 7.73. The Bertz CT molecular complexity index is 1490. The first-order chi connectivity index (χ1) is 17.5. The van der Waals surface area contributed by atoms with E-state index in [1.165, 1.54) is 24.3 Å². The molecule has 178 valence electrons. The zero-order valence-corrected chi connectivity index (χ0v) is 19.1. The molecule has 0 atom stereocenters. The van der Waals surface area contributed by atoms with Crippen LogP contribution < -0.4 is 14.8 Å². The molecule has 9 heteroatoms. The number of aromatic nitrogens is 4. The molecule has 0 fully saturated rings. The van der Waals surface area contributed by atoms with E-state index in [2.05, 4.69) is 20.4 Å². The largest absolute Gasteiger partial charge is 0.457 e. The number of ether oxygens (including phenoxy) is 2. The van der Waals surface area contributed by atoms with Gasteiger partial charge in [0.15, 0.2) is 5.82 Å². The summed E-state index contributed by atoms with van der Waals surface area (Å²) in [6.45, 7) is 1.78. The van der Waals surface area contributed by atoms with Crippen LogP contribution in [0.1, 0.15) is 16.2 Å². The number of carbonyl (C=O) groups is 1. The molecule has 0 radical (unpaired) electrons. The Morgan fingerprint density at radius 2 is 1.61 bits per heavy atom. The summed E-state index contributed by atoms with van der Waals surface area (Å²) >= 11 is 0. The molecule has 0 spiro atoms. The van der Waals surface area contributed by atoms with Gasteiger partial charge in [0, 0.05) is 29.7 Å². The van der Waals surface area contributed by atoms with Crippen molar-refractivity contribution < 1.29 is 18.7 Å². The Labute approximate surface area is 206 Å². The number of aryl methyl sites for hydroxylation is 1. The molecule has 2 heterocycles. The molecular formula is C27H20FN5O3. The van der Waals surface area contributed by atoms with Gasteiger partial charge in [0.1, 0.15) is 28.9 Å². The van der Waals surface area contributed by atoms with Gasteiger partial charge in [0.05, 0.1) is 0 Å². The second kappa shape index (κ2) is 10.1. The summed E-state index contributed by atoms with van der Waals surface area (Å²) in [6.07, 6.45) is 3.45. The molecule has 0 aliphatic rings. The number of amides is 1. The summed E-state index contributed by atoms with van der Waals surface area (Å²) in [5, 5.41) is 7.03. The van der Waals surface area contributed by atoms with Crippen LogP contribution >= 0.6 is 0 Å². The summed E-state index contributed by atoms with van der Waals surface area (Å²) in [5.41, 5.74) is 1.01. The summed E-state index contributed by atoms with van der Waals surface area (Å²) in [6, 6.07) is 22.8.